The zero-order valence-corrected chi connectivity index (χ0v) is 9.87. The summed E-state index contributed by atoms with van der Waals surface area (Å²) in [5, 5.41) is 14.1. The molecule has 1 aromatic carbocycles. The lowest BCUT2D eigenvalue weighted by Crippen LogP contribution is -1.95. The van der Waals surface area contributed by atoms with Gasteiger partial charge in [0.25, 0.3) is 0 Å². The minimum Gasteiger partial charge on any atom is -0.478 e. The lowest BCUT2D eigenvalue weighted by Gasteiger charge is -1.98. The molecule has 0 amide bonds. The largest absolute Gasteiger partial charge is 0.478 e. The quantitative estimate of drug-likeness (QED) is 0.864. The maximum Gasteiger partial charge on any atom is 0.335 e. The van der Waals surface area contributed by atoms with Crippen molar-refractivity contribution in [3.05, 3.63) is 27.9 Å². The Morgan fingerprint density at radius 3 is 2.80 bits per heavy atom. The van der Waals surface area contributed by atoms with Crippen LogP contribution in [0.25, 0.3) is 10.9 Å². The molecule has 15 heavy (non-hydrogen) atoms. The van der Waals surface area contributed by atoms with Crippen LogP contribution in [-0.2, 0) is 7.05 Å². The first-order valence-electron chi connectivity index (χ1n) is 4.37. The van der Waals surface area contributed by atoms with Gasteiger partial charge in [-0.25, -0.2) is 4.79 Å². The first kappa shape index (κ1) is 10.2. The first-order chi connectivity index (χ1) is 7.00. The smallest absolute Gasteiger partial charge is 0.335 e. The molecule has 0 unspecified atom stereocenters. The fraction of sp³-hybridized carbons (Fsp3) is 0.200. The maximum atomic E-state index is 10.8. The summed E-state index contributed by atoms with van der Waals surface area (Å²) in [6.45, 7) is 1.94. The lowest BCUT2D eigenvalue weighted by molar-refractivity contribution is 0.0697. The predicted molar refractivity (Wildman–Crippen MR) is 60.1 cm³/mol. The van der Waals surface area contributed by atoms with Gasteiger partial charge < -0.3 is 5.11 Å². The molecule has 0 aliphatic carbocycles. The van der Waals surface area contributed by atoms with Gasteiger partial charge in [0.15, 0.2) is 0 Å². The highest BCUT2D eigenvalue weighted by Crippen LogP contribution is 2.27. The van der Waals surface area contributed by atoms with Gasteiger partial charge in [-0.3, -0.25) is 4.68 Å². The molecule has 0 saturated carbocycles. The molecule has 0 radical (unpaired) electrons. The first-order valence-corrected chi connectivity index (χ1v) is 5.16. The summed E-state index contributed by atoms with van der Waals surface area (Å²) in [6.07, 6.45) is 0. The monoisotopic (exact) mass is 268 g/mol. The Morgan fingerprint density at radius 2 is 2.20 bits per heavy atom. The van der Waals surface area contributed by atoms with Crippen molar-refractivity contribution in [1.82, 2.24) is 9.78 Å². The van der Waals surface area contributed by atoms with Crippen LogP contribution in [0.15, 0.2) is 16.6 Å². The molecular formula is C10H9BrN2O2. The molecule has 78 valence electrons. The highest BCUT2D eigenvalue weighted by molar-refractivity contribution is 9.10. The van der Waals surface area contributed by atoms with Crippen LogP contribution in [0, 0.1) is 6.92 Å². The number of hydrogen-bond donors (Lipinski definition) is 1. The predicted octanol–water partition coefficient (Wildman–Crippen LogP) is 2.34. The minimum atomic E-state index is -0.944. The Hall–Kier alpha value is -1.36. The molecule has 0 spiro atoms. The molecular weight excluding hydrogens is 260 g/mol. The summed E-state index contributed by atoms with van der Waals surface area (Å²) < 4.78 is 2.50. The lowest BCUT2D eigenvalue weighted by atomic mass is 10.1. The van der Waals surface area contributed by atoms with Crippen molar-refractivity contribution in [1.29, 1.82) is 0 Å². The van der Waals surface area contributed by atoms with Crippen LogP contribution < -0.4 is 0 Å². The number of benzene rings is 1. The van der Waals surface area contributed by atoms with E-state index in [1.165, 1.54) is 0 Å². The fourth-order valence-corrected chi connectivity index (χ4v) is 2.29. The number of carboxylic acid groups (broad SMARTS) is 1. The summed E-state index contributed by atoms with van der Waals surface area (Å²) in [7, 11) is 1.84. The van der Waals surface area contributed by atoms with Gasteiger partial charge >= 0.3 is 5.97 Å². The van der Waals surface area contributed by atoms with E-state index in [1.54, 1.807) is 16.8 Å². The standard InChI is InChI=1S/C10H9BrN2O2/c1-5-9-7(11)3-6(10(14)15)4-8(9)12-13(5)2/h3-4H,1-2H3,(H,14,15). The van der Waals surface area contributed by atoms with E-state index in [9.17, 15) is 4.79 Å². The van der Waals surface area contributed by atoms with Gasteiger partial charge in [0.2, 0.25) is 0 Å². The van der Waals surface area contributed by atoms with Crippen molar-refractivity contribution >= 4 is 32.8 Å². The van der Waals surface area contributed by atoms with Crippen LogP contribution in [0.4, 0.5) is 0 Å². The van der Waals surface area contributed by atoms with Crippen molar-refractivity contribution in [3.63, 3.8) is 0 Å². The number of carboxylic acids is 1. The van der Waals surface area contributed by atoms with Crippen molar-refractivity contribution in [2.24, 2.45) is 7.05 Å². The third-order valence-corrected chi connectivity index (χ3v) is 3.05. The molecule has 0 aliphatic rings. The molecule has 0 bridgehead atoms. The zero-order valence-electron chi connectivity index (χ0n) is 8.28. The van der Waals surface area contributed by atoms with Crippen molar-refractivity contribution in [3.8, 4) is 0 Å². The zero-order chi connectivity index (χ0) is 11.2. The summed E-state index contributed by atoms with van der Waals surface area (Å²) in [6, 6.07) is 3.18. The van der Waals surface area contributed by atoms with Gasteiger partial charge in [-0.05, 0) is 19.1 Å². The number of nitrogens with zero attached hydrogens (tertiary/aromatic N) is 2. The van der Waals surface area contributed by atoms with E-state index < -0.39 is 5.97 Å². The Balaban J connectivity index is 2.84. The van der Waals surface area contributed by atoms with E-state index in [0.717, 1.165) is 15.6 Å². The highest BCUT2D eigenvalue weighted by atomic mass is 79.9. The Labute approximate surface area is 94.6 Å². The molecule has 1 N–H and O–H groups in total. The van der Waals surface area contributed by atoms with Crippen LogP contribution in [0.3, 0.4) is 0 Å². The van der Waals surface area contributed by atoms with Gasteiger partial charge in [-0.2, -0.15) is 5.10 Å². The molecule has 5 heteroatoms. The number of rotatable bonds is 1. The Bertz CT molecular complexity index is 560. The molecule has 4 nitrogen and oxygen atoms in total. The van der Waals surface area contributed by atoms with E-state index >= 15 is 0 Å². The molecule has 0 aliphatic heterocycles. The molecule has 1 aromatic heterocycles. The Kier molecular flexibility index (Phi) is 2.26. The van der Waals surface area contributed by atoms with Crippen LogP contribution >= 0.6 is 15.9 Å². The van der Waals surface area contributed by atoms with E-state index in [1.807, 2.05) is 14.0 Å². The fourth-order valence-electron chi connectivity index (χ4n) is 1.55. The Morgan fingerprint density at radius 1 is 1.53 bits per heavy atom. The third kappa shape index (κ3) is 1.52. The molecule has 0 atom stereocenters. The van der Waals surface area contributed by atoms with E-state index in [2.05, 4.69) is 21.0 Å². The highest BCUT2D eigenvalue weighted by Gasteiger charge is 2.12. The number of fused-ring (bicyclic) bond motifs is 1. The molecule has 2 aromatic rings. The van der Waals surface area contributed by atoms with E-state index in [4.69, 9.17) is 5.11 Å². The normalized spacial score (nSPS) is 10.9. The summed E-state index contributed by atoms with van der Waals surface area (Å²) in [4.78, 5) is 10.8. The van der Waals surface area contributed by atoms with E-state index in [-0.39, 0.29) is 5.56 Å². The number of carbonyl (C=O) groups is 1. The van der Waals surface area contributed by atoms with Crippen LogP contribution in [0.1, 0.15) is 16.1 Å². The average molecular weight is 269 g/mol. The average Bonchev–Trinajstić information content (AvgIpc) is 2.42. The van der Waals surface area contributed by atoms with Gasteiger partial charge in [0.05, 0.1) is 11.1 Å². The van der Waals surface area contributed by atoms with E-state index in [0.29, 0.717) is 5.52 Å². The third-order valence-electron chi connectivity index (χ3n) is 2.42. The number of aryl methyl sites for hydroxylation is 2. The molecule has 2 rings (SSSR count). The number of halogens is 1. The second-order valence-corrected chi connectivity index (χ2v) is 4.22. The van der Waals surface area contributed by atoms with Crippen molar-refractivity contribution in [2.45, 2.75) is 6.92 Å². The van der Waals surface area contributed by atoms with Gasteiger partial charge in [0, 0.05) is 22.6 Å². The maximum absolute atomic E-state index is 10.8. The summed E-state index contributed by atoms with van der Waals surface area (Å²) in [5.41, 5.74) is 1.95. The number of hydrogen-bond acceptors (Lipinski definition) is 2. The van der Waals surface area contributed by atoms with Crippen LogP contribution in [-0.4, -0.2) is 20.9 Å². The summed E-state index contributed by atoms with van der Waals surface area (Å²) in [5.74, 6) is -0.944. The van der Waals surface area contributed by atoms with Crippen molar-refractivity contribution < 1.29 is 9.90 Å². The molecule has 0 fully saturated rings. The molecule has 0 saturated heterocycles. The van der Waals surface area contributed by atoms with Gasteiger partial charge in [-0.1, -0.05) is 15.9 Å². The second kappa shape index (κ2) is 3.34. The summed E-state index contributed by atoms with van der Waals surface area (Å²) >= 11 is 3.36. The molecule has 1 heterocycles. The number of aromatic carboxylic acids is 1. The topological polar surface area (TPSA) is 55.1 Å². The van der Waals surface area contributed by atoms with Gasteiger partial charge in [-0.15, -0.1) is 0 Å². The van der Waals surface area contributed by atoms with Crippen LogP contribution in [0.5, 0.6) is 0 Å². The number of aromatic nitrogens is 2. The van der Waals surface area contributed by atoms with Crippen molar-refractivity contribution in [2.75, 3.05) is 0 Å². The van der Waals surface area contributed by atoms with Crippen LogP contribution in [0.2, 0.25) is 0 Å². The van der Waals surface area contributed by atoms with Gasteiger partial charge in [0.1, 0.15) is 0 Å². The SMILES string of the molecule is Cc1c2c(Br)cc(C(=O)O)cc2nn1C. The minimum absolute atomic E-state index is 0.243. The second-order valence-electron chi connectivity index (χ2n) is 3.37.